The van der Waals surface area contributed by atoms with E-state index in [4.69, 9.17) is 0 Å². The number of hydrogen-bond acceptors (Lipinski definition) is 1. The van der Waals surface area contributed by atoms with Crippen LogP contribution in [0.25, 0.3) is 0 Å². The van der Waals surface area contributed by atoms with E-state index in [1.165, 1.54) is 0 Å². The molecule has 1 atom stereocenters. The molecule has 0 aromatic heterocycles. The maximum atomic E-state index is 11.5. The predicted molar refractivity (Wildman–Crippen MR) is 54.4 cm³/mol. The summed E-state index contributed by atoms with van der Waals surface area (Å²) in [6.07, 6.45) is 6.94. The largest absolute Gasteiger partial charge is 0.339 e. The van der Waals surface area contributed by atoms with Crippen molar-refractivity contribution < 1.29 is 4.79 Å². The molecule has 2 nitrogen and oxygen atoms in total. The lowest BCUT2D eigenvalue weighted by molar-refractivity contribution is -0.131. The summed E-state index contributed by atoms with van der Waals surface area (Å²) in [5, 5.41) is 0. The first-order chi connectivity index (χ1) is 6.11. The van der Waals surface area contributed by atoms with Gasteiger partial charge >= 0.3 is 0 Å². The molecule has 0 radical (unpaired) electrons. The smallest absolute Gasteiger partial charge is 0.223 e. The molecule has 0 saturated carbocycles. The third kappa shape index (κ3) is 2.87. The zero-order valence-electron chi connectivity index (χ0n) is 8.79. The van der Waals surface area contributed by atoms with Crippen molar-refractivity contribution in [3.8, 4) is 0 Å². The third-order valence-corrected chi connectivity index (χ3v) is 2.49. The van der Waals surface area contributed by atoms with Crippen LogP contribution in [0.4, 0.5) is 0 Å². The highest BCUT2D eigenvalue weighted by Crippen LogP contribution is 2.16. The van der Waals surface area contributed by atoms with E-state index in [9.17, 15) is 4.79 Å². The molecule has 74 valence electrons. The van der Waals surface area contributed by atoms with Crippen LogP contribution in [0, 0.1) is 5.92 Å². The third-order valence-electron chi connectivity index (χ3n) is 2.49. The van der Waals surface area contributed by atoms with E-state index in [0.717, 1.165) is 12.8 Å². The molecule has 2 heteroatoms. The zero-order valence-corrected chi connectivity index (χ0v) is 8.79. The van der Waals surface area contributed by atoms with E-state index >= 15 is 0 Å². The highest BCUT2D eigenvalue weighted by Gasteiger charge is 2.19. The first-order valence-electron chi connectivity index (χ1n) is 5.03. The van der Waals surface area contributed by atoms with Crippen molar-refractivity contribution in [1.29, 1.82) is 0 Å². The Morgan fingerprint density at radius 1 is 1.62 bits per heavy atom. The van der Waals surface area contributed by atoms with Crippen LogP contribution in [-0.4, -0.2) is 23.9 Å². The summed E-state index contributed by atoms with van der Waals surface area (Å²) in [6.45, 7) is 4.38. The summed E-state index contributed by atoms with van der Waals surface area (Å²) < 4.78 is 0. The maximum Gasteiger partial charge on any atom is 0.223 e. The van der Waals surface area contributed by atoms with E-state index in [2.05, 4.69) is 26.0 Å². The van der Waals surface area contributed by atoms with Gasteiger partial charge in [-0.2, -0.15) is 0 Å². The number of likely N-dealkylation sites (N-methyl/N-ethyl adjacent to an activating group) is 1. The maximum absolute atomic E-state index is 11.5. The minimum atomic E-state index is 0.274. The Labute approximate surface area is 80.6 Å². The van der Waals surface area contributed by atoms with Crippen molar-refractivity contribution in [2.24, 2.45) is 5.92 Å². The van der Waals surface area contributed by atoms with Gasteiger partial charge in [0, 0.05) is 19.5 Å². The molecule has 13 heavy (non-hydrogen) atoms. The molecule has 0 aliphatic carbocycles. The monoisotopic (exact) mass is 181 g/mol. The number of allylic oxidation sites excluding steroid dienone is 1. The molecule has 1 aliphatic rings. The molecule has 0 spiro atoms. The van der Waals surface area contributed by atoms with Gasteiger partial charge in [0.25, 0.3) is 0 Å². The molecule has 0 fully saturated rings. The van der Waals surface area contributed by atoms with E-state index in [0.29, 0.717) is 18.4 Å². The fourth-order valence-corrected chi connectivity index (χ4v) is 1.67. The van der Waals surface area contributed by atoms with Crippen LogP contribution < -0.4 is 0 Å². The number of rotatable bonds is 2. The van der Waals surface area contributed by atoms with Crippen molar-refractivity contribution >= 4 is 5.91 Å². The van der Waals surface area contributed by atoms with Crippen molar-refractivity contribution in [3.05, 3.63) is 12.2 Å². The molecular formula is C11H19NO. The highest BCUT2D eigenvalue weighted by molar-refractivity contribution is 5.77. The fraction of sp³-hybridized carbons (Fsp3) is 0.727. The van der Waals surface area contributed by atoms with Crippen molar-refractivity contribution in [1.82, 2.24) is 4.90 Å². The average Bonchev–Trinajstić information content (AvgIpc) is 2.19. The summed E-state index contributed by atoms with van der Waals surface area (Å²) in [4.78, 5) is 13.4. The minimum absolute atomic E-state index is 0.274. The molecule has 1 amide bonds. The number of nitrogens with zero attached hydrogens (tertiary/aromatic N) is 1. The lowest BCUT2D eigenvalue weighted by Gasteiger charge is -2.25. The molecule has 1 aliphatic heterocycles. The van der Waals surface area contributed by atoms with E-state index in [1.807, 2.05) is 11.9 Å². The van der Waals surface area contributed by atoms with E-state index in [-0.39, 0.29) is 5.91 Å². The quantitative estimate of drug-likeness (QED) is 0.598. The summed E-state index contributed by atoms with van der Waals surface area (Å²) in [5.41, 5.74) is 0. The molecule has 0 aromatic carbocycles. The summed E-state index contributed by atoms with van der Waals surface area (Å²) in [5.74, 6) is 0.915. The SMILES string of the molecule is CC(C)C[C@H]1C=CCCC(=O)N1C. The van der Waals surface area contributed by atoms with Crippen LogP contribution in [-0.2, 0) is 4.79 Å². The van der Waals surface area contributed by atoms with Gasteiger partial charge < -0.3 is 4.90 Å². The molecular weight excluding hydrogens is 162 g/mol. The minimum Gasteiger partial charge on any atom is -0.339 e. The van der Waals surface area contributed by atoms with Gasteiger partial charge in [-0.15, -0.1) is 0 Å². The zero-order chi connectivity index (χ0) is 9.84. The molecule has 1 rings (SSSR count). The van der Waals surface area contributed by atoms with Crippen LogP contribution >= 0.6 is 0 Å². The second kappa shape index (κ2) is 4.45. The second-order valence-electron chi connectivity index (χ2n) is 4.17. The van der Waals surface area contributed by atoms with Gasteiger partial charge in [0.2, 0.25) is 5.91 Å². The van der Waals surface area contributed by atoms with E-state index in [1.54, 1.807) is 0 Å². The van der Waals surface area contributed by atoms with Gasteiger partial charge in [0.1, 0.15) is 0 Å². The number of amides is 1. The topological polar surface area (TPSA) is 20.3 Å². The van der Waals surface area contributed by atoms with Gasteiger partial charge in [-0.1, -0.05) is 26.0 Å². The molecule has 0 N–H and O–H groups in total. The van der Waals surface area contributed by atoms with Gasteiger partial charge in [-0.25, -0.2) is 0 Å². The summed E-state index contributed by atoms with van der Waals surface area (Å²) in [6, 6.07) is 0.315. The van der Waals surface area contributed by atoms with Crippen molar-refractivity contribution in [2.45, 2.75) is 39.2 Å². The second-order valence-corrected chi connectivity index (χ2v) is 4.17. The van der Waals surface area contributed by atoms with Gasteiger partial charge in [-0.05, 0) is 18.8 Å². The van der Waals surface area contributed by atoms with E-state index < -0.39 is 0 Å². The van der Waals surface area contributed by atoms with Crippen molar-refractivity contribution in [3.63, 3.8) is 0 Å². The fourth-order valence-electron chi connectivity index (χ4n) is 1.67. The predicted octanol–water partition coefficient (Wildman–Crippen LogP) is 2.21. The Hall–Kier alpha value is -0.790. The standard InChI is InChI=1S/C11H19NO/c1-9(2)8-10-6-4-5-7-11(13)12(10)3/h4,6,9-10H,5,7-8H2,1-3H3/t10-/m1/s1. The van der Waals surface area contributed by atoms with Crippen LogP contribution in [0.1, 0.15) is 33.1 Å². The molecule has 0 bridgehead atoms. The van der Waals surface area contributed by atoms with Crippen LogP contribution in [0.15, 0.2) is 12.2 Å². The summed E-state index contributed by atoms with van der Waals surface area (Å²) >= 11 is 0. The first-order valence-corrected chi connectivity index (χ1v) is 5.03. The Balaban J connectivity index is 2.62. The molecule has 0 aromatic rings. The first kappa shape index (κ1) is 10.3. The normalized spacial score (nSPS) is 23.8. The van der Waals surface area contributed by atoms with Gasteiger partial charge in [-0.3, -0.25) is 4.79 Å². The van der Waals surface area contributed by atoms with Crippen LogP contribution in [0.5, 0.6) is 0 Å². The molecule has 1 heterocycles. The Bertz CT molecular complexity index is 208. The Morgan fingerprint density at radius 2 is 2.31 bits per heavy atom. The van der Waals surface area contributed by atoms with Gasteiger partial charge in [0.15, 0.2) is 0 Å². The lowest BCUT2D eigenvalue weighted by atomic mass is 10.0. The average molecular weight is 181 g/mol. The number of carbonyl (C=O) groups excluding carboxylic acids is 1. The van der Waals surface area contributed by atoms with Crippen molar-refractivity contribution in [2.75, 3.05) is 7.05 Å². The van der Waals surface area contributed by atoms with Crippen LogP contribution in [0.3, 0.4) is 0 Å². The molecule has 0 saturated heterocycles. The number of hydrogen-bond donors (Lipinski definition) is 0. The Kier molecular flexibility index (Phi) is 3.52. The van der Waals surface area contributed by atoms with Gasteiger partial charge in [0.05, 0.1) is 0 Å². The van der Waals surface area contributed by atoms with Crippen LogP contribution in [0.2, 0.25) is 0 Å². The molecule has 0 unspecified atom stereocenters. The summed E-state index contributed by atoms with van der Waals surface area (Å²) in [7, 11) is 1.91. The number of carbonyl (C=O) groups is 1. The highest BCUT2D eigenvalue weighted by atomic mass is 16.2. The Morgan fingerprint density at radius 3 is 2.92 bits per heavy atom. The lowest BCUT2D eigenvalue weighted by Crippen LogP contribution is -2.35.